The van der Waals surface area contributed by atoms with Crippen LogP contribution >= 0.6 is 0 Å². The first-order valence-electron chi connectivity index (χ1n) is 7.27. The summed E-state index contributed by atoms with van der Waals surface area (Å²) in [5.41, 5.74) is 0. The van der Waals surface area contributed by atoms with E-state index >= 15 is 0 Å². The van der Waals surface area contributed by atoms with Crippen molar-refractivity contribution in [2.45, 2.75) is 43.8 Å². The molecule has 0 saturated heterocycles. The van der Waals surface area contributed by atoms with Crippen LogP contribution in [0.15, 0.2) is 0 Å². The highest BCUT2D eigenvalue weighted by atomic mass is 15.2. The lowest BCUT2D eigenvalue weighted by Gasteiger charge is -2.19. The monoisotopic (exact) mass is 237 g/mol. The zero-order valence-electron chi connectivity index (χ0n) is 11.5. The molecule has 0 aromatic heterocycles. The molecule has 98 valence electrons. The third kappa shape index (κ3) is 2.67. The molecule has 3 rings (SSSR count). The number of hydrogen-bond acceptors (Lipinski definition) is 3. The SMILES string of the molecule is CNCC1CC1N(C)CC1CC1N(C)C1CC1. The van der Waals surface area contributed by atoms with Gasteiger partial charge in [0.25, 0.3) is 0 Å². The van der Waals surface area contributed by atoms with E-state index in [4.69, 9.17) is 0 Å². The second-order valence-corrected chi connectivity index (χ2v) is 6.52. The largest absolute Gasteiger partial charge is 0.319 e. The molecule has 0 aromatic rings. The molecule has 4 atom stereocenters. The van der Waals surface area contributed by atoms with Gasteiger partial charge in [-0.15, -0.1) is 0 Å². The minimum absolute atomic E-state index is 0.870. The van der Waals surface area contributed by atoms with E-state index in [9.17, 15) is 0 Å². The van der Waals surface area contributed by atoms with Crippen LogP contribution in [-0.4, -0.2) is 62.2 Å². The summed E-state index contributed by atoms with van der Waals surface area (Å²) < 4.78 is 0. The smallest absolute Gasteiger partial charge is 0.0140 e. The summed E-state index contributed by atoms with van der Waals surface area (Å²) in [5.74, 6) is 1.88. The second kappa shape index (κ2) is 4.52. The Bertz CT molecular complexity index is 277. The Morgan fingerprint density at radius 1 is 1.06 bits per heavy atom. The molecule has 0 radical (unpaired) electrons. The predicted molar refractivity (Wildman–Crippen MR) is 71.1 cm³/mol. The van der Waals surface area contributed by atoms with E-state index < -0.39 is 0 Å². The van der Waals surface area contributed by atoms with Gasteiger partial charge in [-0.05, 0) is 65.2 Å². The molecule has 3 fully saturated rings. The topological polar surface area (TPSA) is 18.5 Å². The van der Waals surface area contributed by atoms with Crippen LogP contribution < -0.4 is 5.32 Å². The molecule has 0 aromatic carbocycles. The Morgan fingerprint density at radius 2 is 1.76 bits per heavy atom. The van der Waals surface area contributed by atoms with Crippen LogP contribution in [0.2, 0.25) is 0 Å². The van der Waals surface area contributed by atoms with Crippen molar-refractivity contribution in [2.24, 2.45) is 11.8 Å². The van der Waals surface area contributed by atoms with Gasteiger partial charge in [0.05, 0.1) is 0 Å². The van der Waals surface area contributed by atoms with Crippen LogP contribution in [0.4, 0.5) is 0 Å². The average Bonchev–Trinajstić information content (AvgIpc) is 3.11. The van der Waals surface area contributed by atoms with Crippen molar-refractivity contribution in [1.82, 2.24) is 15.1 Å². The van der Waals surface area contributed by atoms with Crippen molar-refractivity contribution in [3.63, 3.8) is 0 Å². The fourth-order valence-electron chi connectivity index (χ4n) is 3.44. The maximum Gasteiger partial charge on any atom is 0.0140 e. The van der Waals surface area contributed by atoms with E-state index in [2.05, 4.69) is 36.3 Å². The third-order valence-electron chi connectivity index (χ3n) is 4.97. The van der Waals surface area contributed by atoms with Gasteiger partial charge in [-0.1, -0.05) is 0 Å². The van der Waals surface area contributed by atoms with Crippen molar-refractivity contribution in [1.29, 1.82) is 0 Å². The van der Waals surface area contributed by atoms with Gasteiger partial charge in [-0.25, -0.2) is 0 Å². The molecule has 0 heterocycles. The van der Waals surface area contributed by atoms with Gasteiger partial charge in [-0.3, -0.25) is 0 Å². The van der Waals surface area contributed by atoms with Gasteiger partial charge in [0.2, 0.25) is 0 Å². The third-order valence-corrected chi connectivity index (χ3v) is 4.97. The molecule has 1 N–H and O–H groups in total. The molecule has 0 spiro atoms. The summed E-state index contributed by atoms with van der Waals surface area (Å²) in [5, 5.41) is 3.30. The van der Waals surface area contributed by atoms with Gasteiger partial charge in [-0.2, -0.15) is 0 Å². The van der Waals surface area contributed by atoms with Gasteiger partial charge >= 0.3 is 0 Å². The first-order valence-corrected chi connectivity index (χ1v) is 7.27. The van der Waals surface area contributed by atoms with Crippen molar-refractivity contribution in [3.05, 3.63) is 0 Å². The fraction of sp³-hybridized carbons (Fsp3) is 1.00. The number of nitrogens with one attached hydrogen (secondary N) is 1. The fourth-order valence-corrected chi connectivity index (χ4v) is 3.44. The molecule has 3 nitrogen and oxygen atoms in total. The Morgan fingerprint density at radius 3 is 2.41 bits per heavy atom. The molecule has 4 unspecified atom stereocenters. The second-order valence-electron chi connectivity index (χ2n) is 6.52. The van der Waals surface area contributed by atoms with E-state index in [0.29, 0.717) is 0 Å². The van der Waals surface area contributed by atoms with Crippen molar-refractivity contribution < 1.29 is 0 Å². The van der Waals surface area contributed by atoms with Crippen LogP contribution in [0, 0.1) is 11.8 Å². The zero-order chi connectivity index (χ0) is 12.0. The summed E-state index contributed by atoms with van der Waals surface area (Å²) in [6.07, 6.45) is 5.75. The molecular weight excluding hydrogens is 210 g/mol. The molecule has 3 aliphatic rings. The van der Waals surface area contributed by atoms with Crippen LogP contribution in [0.3, 0.4) is 0 Å². The number of nitrogens with zero attached hydrogens (tertiary/aromatic N) is 2. The Balaban J connectivity index is 1.37. The quantitative estimate of drug-likeness (QED) is 0.713. The van der Waals surface area contributed by atoms with Gasteiger partial charge < -0.3 is 15.1 Å². The van der Waals surface area contributed by atoms with Crippen molar-refractivity contribution >= 4 is 0 Å². The maximum absolute atomic E-state index is 3.30. The Labute approximate surface area is 106 Å². The highest BCUT2D eigenvalue weighted by Gasteiger charge is 2.47. The number of rotatable bonds is 7. The van der Waals surface area contributed by atoms with Gasteiger partial charge in [0, 0.05) is 24.7 Å². The standard InChI is InChI=1S/C14H27N3/c1-15-8-10-6-13(10)16(2)9-11-7-14(11)17(3)12-4-5-12/h10-15H,4-9H2,1-3H3. The average molecular weight is 237 g/mol. The summed E-state index contributed by atoms with van der Waals surface area (Å²) in [7, 11) is 6.73. The molecule has 0 amide bonds. The molecule has 0 bridgehead atoms. The Hall–Kier alpha value is -0.120. The van der Waals surface area contributed by atoms with Crippen LogP contribution in [-0.2, 0) is 0 Å². The highest BCUT2D eigenvalue weighted by Crippen LogP contribution is 2.43. The Kier molecular flexibility index (Phi) is 3.18. The van der Waals surface area contributed by atoms with E-state index in [-0.39, 0.29) is 0 Å². The van der Waals surface area contributed by atoms with Crippen molar-refractivity contribution in [3.8, 4) is 0 Å². The van der Waals surface area contributed by atoms with Gasteiger partial charge in [0.15, 0.2) is 0 Å². The summed E-state index contributed by atoms with van der Waals surface area (Å²) in [6.45, 7) is 2.53. The van der Waals surface area contributed by atoms with E-state index in [0.717, 1.165) is 30.0 Å². The van der Waals surface area contributed by atoms with E-state index in [1.807, 2.05) is 0 Å². The first kappa shape index (κ1) is 11.9. The molecule has 17 heavy (non-hydrogen) atoms. The molecule has 3 heteroatoms. The summed E-state index contributed by atoms with van der Waals surface area (Å²) in [4.78, 5) is 5.27. The molecular formula is C14H27N3. The maximum atomic E-state index is 3.30. The van der Waals surface area contributed by atoms with Crippen LogP contribution in [0.25, 0.3) is 0 Å². The lowest BCUT2D eigenvalue weighted by molar-refractivity contribution is 0.253. The summed E-state index contributed by atoms with van der Waals surface area (Å²) in [6, 6.07) is 2.72. The molecule has 3 saturated carbocycles. The number of hydrogen-bond donors (Lipinski definition) is 1. The first-order chi connectivity index (χ1) is 8.20. The van der Waals surface area contributed by atoms with Crippen LogP contribution in [0.5, 0.6) is 0 Å². The lowest BCUT2D eigenvalue weighted by atomic mass is 10.3. The predicted octanol–water partition coefficient (Wildman–Crippen LogP) is 1.01. The van der Waals surface area contributed by atoms with E-state index in [1.54, 1.807) is 0 Å². The van der Waals surface area contributed by atoms with Gasteiger partial charge in [0.1, 0.15) is 0 Å². The van der Waals surface area contributed by atoms with E-state index in [1.165, 1.54) is 38.8 Å². The minimum Gasteiger partial charge on any atom is -0.319 e. The zero-order valence-corrected chi connectivity index (χ0v) is 11.5. The lowest BCUT2D eigenvalue weighted by Crippen LogP contribution is -2.30. The van der Waals surface area contributed by atoms with Crippen molar-refractivity contribution in [2.75, 3.05) is 34.2 Å². The highest BCUT2D eigenvalue weighted by molar-refractivity contribution is 5.02. The normalized spacial score (nSPS) is 40.1. The molecule has 0 aliphatic heterocycles. The van der Waals surface area contributed by atoms with Crippen LogP contribution in [0.1, 0.15) is 25.7 Å². The minimum atomic E-state index is 0.870. The molecule has 3 aliphatic carbocycles. The summed E-state index contributed by atoms with van der Waals surface area (Å²) >= 11 is 0.